The molecule has 0 aliphatic carbocycles. The Labute approximate surface area is 86.8 Å². The van der Waals surface area contributed by atoms with Gasteiger partial charge in [0.15, 0.2) is 0 Å². The molecule has 0 aromatic rings. The van der Waals surface area contributed by atoms with Gasteiger partial charge in [0.05, 0.1) is 0 Å². The smallest absolute Gasteiger partial charge is 0 e. The van der Waals surface area contributed by atoms with Crippen molar-refractivity contribution in [3.8, 4) is 0 Å². The predicted octanol–water partition coefficient (Wildman–Crippen LogP) is -0.713. The zero-order chi connectivity index (χ0) is 2.71. The van der Waals surface area contributed by atoms with E-state index in [-0.39, 0.29) is 70.6 Å². The predicted molar refractivity (Wildman–Crippen MR) is 20.3 cm³/mol. The molecule has 0 saturated heterocycles. The molecule has 0 N–H and O–H groups in total. The van der Waals surface area contributed by atoms with Gasteiger partial charge in [-0.15, -0.1) is 0 Å². The SMILES string of the molecule is CC=O.[BaH2].[Ti]. The van der Waals surface area contributed by atoms with Crippen molar-refractivity contribution in [2.75, 3.05) is 0 Å². The molecule has 0 unspecified atom stereocenters. The number of carbonyl (C=O) groups is 1. The van der Waals surface area contributed by atoms with E-state index >= 15 is 0 Å². The van der Waals surface area contributed by atoms with E-state index in [1.54, 1.807) is 0 Å². The van der Waals surface area contributed by atoms with Gasteiger partial charge >= 0.3 is 48.9 Å². The Morgan fingerprint density at radius 1 is 1.60 bits per heavy atom. The maximum Gasteiger partial charge on any atom is 0 e. The Hall–Kier alpha value is 1.96. The van der Waals surface area contributed by atoms with Crippen molar-refractivity contribution in [3.63, 3.8) is 0 Å². The van der Waals surface area contributed by atoms with Crippen LogP contribution < -0.4 is 0 Å². The summed E-state index contributed by atoms with van der Waals surface area (Å²) in [7, 11) is 0. The number of hydrogen-bond donors (Lipinski definition) is 0. The van der Waals surface area contributed by atoms with Crippen LogP contribution in [0.15, 0.2) is 0 Å². The summed E-state index contributed by atoms with van der Waals surface area (Å²) in [6.07, 6.45) is 0.750. The van der Waals surface area contributed by atoms with Crippen LogP contribution in [0.4, 0.5) is 0 Å². The molecule has 0 atom stereocenters. The zero-order valence-corrected chi connectivity index (χ0v) is 4.05. The molecule has 0 heterocycles. The Morgan fingerprint density at radius 2 is 1.60 bits per heavy atom. The summed E-state index contributed by atoms with van der Waals surface area (Å²) in [5.74, 6) is 0. The van der Waals surface area contributed by atoms with E-state index in [9.17, 15) is 0 Å². The standard InChI is InChI=1S/C2H4O.Ba.Ti.2H/c1-2-3;;;;/h2H,1H3;;;;. The number of aldehydes is 1. The summed E-state index contributed by atoms with van der Waals surface area (Å²) in [4.78, 5) is 8.81. The third-order valence-corrected chi connectivity index (χ3v) is 0. The van der Waals surface area contributed by atoms with Crippen molar-refractivity contribution in [2.24, 2.45) is 0 Å². The van der Waals surface area contributed by atoms with Crippen molar-refractivity contribution in [1.29, 1.82) is 0 Å². The molecule has 3 heteroatoms. The van der Waals surface area contributed by atoms with Gasteiger partial charge in [0.1, 0.15) is 6.29 Å². The van der Waals surface area contributed by atoms with Crippen molar-refractivity contribution in [3.05, 3.63) is 0 Å². The number of hydrogen-bond acceptors (Lipinski definition) is 1. The zero-order valence-electron chi connectivity index (χ0n) is 2.49. The third kappa shape index (κ3) is 24.4. The van der Waals surface area contributed by atoms with E-state index in [0.717, 1.165) is 6.29 Å². The molecule has 5 heavy (non-hydrogen) atoms. The molecule has 0 aromatic heterocycles. The van der Waals surface area contributed by atoms with Crippen LogP contribution in [-0.2, 0) is 26.5 Å². The largest absolute Gasteiger partial charge is 0 e. The number of rotatable bonds is 0. The monoisotopic (exact) mass is 232 g/mol. The van der Waals surface area contributed by atoms with Crippen LogP contribution in [0.25, 0.3) is 0 Å². The van der Waals surface area contributed by atoms with Gasteiger partial charge in [0.25, 0.3) is 0 Å². The molecule has 1 nitrogen and oxygen atoms in total. The Balaban J connectivity index is -0.0000000200. The molecule has 26 valence electrons. The van der Waals surface area contributed by atoms with Gasteiger partial charge in [0, 0.05) is 21.7 Å². The van der Waals surface area contributed by atoms with Crippen LogP contribution in [0, 0.1) is 0 Å². The van der Waals surface area contributed by atoms with Crippen LogP contribution in [0.3, 0.4) is 0 Å². The normalized spacial score (nSPS) is 2.60. The number of carbonyl (C=O) groups excluding carboxylic acids is 1. The minimum absolute atomic E-state index is 0. The molecule has 0 spiro atoms. The minimum atomic E-state index is 0. The fraction of sp³-hybridized carbons (Fsp3) is 0.500. The second kappa shape index (κ2) is 16.7. The fourth-order valence-electron chi connectivity index (χ4n) is 0. The second-order valence-electron chi connectivity index (χ2n) is 0.236. The summed E-state index contributed by atoms with van der Waals surface area (Å²) in [6, 6.07) is 0. The van der Waals surface area contributed by atoms with Crippen molar-refractivity contribution in [2.45, 2.75) is 6.92 Å². The summed E-state index contributed by atoms with van der Waals surface area (Å²) in [5.41, 5.74) is 0. The molecular weight excluding hydrogens is 225 g/mol. The van der Waals surface area contributed by atoms with Crippen LogP contribution in [0.2, 0.25) is 0 Å². The first-order valence-electron chi connectivity index (χ1n) is 0.813. The molecule has 0 aliphatic rings. The third-order valence-electron chi connectivity index (χ3n) is 0. The average molecular weight is 231 g/mol. The molecule has 0 rings (SSSR count). The maximum atomic E-state index is 8.81. The molecule has 0 bridgehead atoms. The molecule has 0 amide bonds. The molecule has 0 aromatic carbocycles. The van der Waals surface area contributed by atoms with Gasteiger partial charge in [-0.25, -0.2) is 0 Å². The average Bonchev–Trinajstić information content (AvgIpc) is 0.918. The first-order chi connectivity index (χ1) is 1.41. The summed E-state index contributed by atoms with van der Waals surface area (Å²) in [6.45, 7) is 1.44. The first-order valence-corrected chi connectivity index (χ1v) is 0.813. The van der Waals surface area contributed by atoms with Gasteiger partial charge in [-0.3, -0.25) is 0 Å². The van der Waals surface area contributed by atoms with Crippen LogP contribution in [0.5, 0.6) is 0 Å². The van der Waals surface area contributed by atoms with E-state index in [2.05, 4.69) is 0 Å². The molecule has 0 aliphatic heterocycles. The van der Waals surface area contributed by atoms with E-state index in [0.29, 0.717) is 0 Å². The van der Waals surface area contributed by atoms with Gasteiger partial charge in [-0.1, -0.05) is 0 Å². The maximum absolute atomic E-state index is 8.81. The molecule has 0 saturated carbocycles. The van der Waals surface area contributed by atoms with Crippen molar-refractivity contribution >= 4 is 55.2 Å². The van der Waals surface area contributed by atoms with E-state index < -0.39 is 0 Å². The first kappa shape index (κ1) is 15.8. The van der Waals surface area contributed by atoms with Crippen LogP contribution >= 0.6 is 0 Å². The van der Waals surface area contributed by atoms with E-state index in [1.165, 1.54) is 6.92 Å². The van der Waals surface area contributed by atoms with Crippen LogP contribution in [-0.4, -0.2) is 55.2 Å². The van der Waals surface area contributed by atoms with Crippen molar-refractivity contribution < 1.29 is 26.5 Å². The topological polar surface area (TPSA) is 17.1 Å². The van der Waals surface area contributed by atoms with Crippen LogP contribution in [0.1, 0.15) is 6.92 Å². The Bertz CT molecular complexity index is 17.1. The summed E-state index contributed by atoms with van der Waals surface area (Å²) < 4.78 is 0. The van der Waals surface area contributed by atoms with Crippen molar-refractivity contribution in [1.82, 2.24) is 0 Å². The van der Waals surface area contributed by atoms with Gasteiger partial charge in [-0.05, 0) is 6.92 Å². The van der Waals surface area contributed by atoms with E-state index in [4.69, 9.17) is 4.79 Å². The Morgan fingerprint density at radius 3 is 1.60 bits per heavy atom. The summed E-state index contributed by atoms with van der Waals surface area (Å²) >= 11 is 0. The van der Waals surface area contributed by atoms with Gasteiger partial charge in [-0.2, -0.15) is 0 Å². The van der Waals surface area contributed by atoms with Gasteiger partial charge in [0.2, 0.25) is 0 Å². The van der Waals surface area contributed by atoms with Gasteiger partial charge < -0.3 is 4.79 Å². The van der Waals surface area contributed by atoms with E-state index in [1.807, 2.05) is 0 Å². The molecule has 0 radical (unpaired) electrons. The minimum Gasteiger partial charge on any atom is 0 e. The quantitative estimate of drug-likeness (QED) is 0.397. The Kier molecular flexibility index (Phi) is 52.8. The summed E-state index contributed by atoms with van der Waals surface area (Å²) in [5, 5.41) is 0. The molecule has 0 fully saturated rings. The second-order valence-corrected chi connectivity index (χ2v) is 0.236. The molecular formula is C2H6BaOTi. The fourth-order valence-corrected chi connectivity index (χ4v) is 0.